The Morgan fingerprint density at radius 2 is 2.00 bits per heavy atom. The number of hydrogen-bond acceptors (Lipinski definition) is 4. The second kappa shape index (κ2) is 6.30. The van der Waals surface area contributed by atoms with E-state index < -0.39 is 0 Å². The highest BCUT2D eigenvalue weighted by Gasteiger charge is 2.36. The third-order valence-electron chi connectivity index (χ3n) is 4.61. The molecular formula is C19H24N2O3. The Morgan fingerprint density at radius 1 is 1.29 bits per heavy atom. The van der Waals surface area contributed by atoms with Crippen LogP contribution in [0.5, 0.6) is 5.75 Å². The van der Waals surface area contributed by atoms with Crippen molar-refractivity contribution in [1.29, 1.82) is 0 Å². The van der Waals surface area contributed by atoms with Crippen molar-refractivity contribution in [2.75, 3.05) is 6.54 Å². The zero-order valence-corrected chi connectivity index (χ0v) is 14.7. The summed E-state index contributed by atoms with van der Waals surface area (Å²) in [6.45, 7) is 9.40. The van der Waals surface area contributed by atoms with Crippen molar-refractivity contribution in [1.82, 2.24) is 9.88 Å². The van der Waals surface area contributed by atoms with Crippen LogP contribution in [0.4, 0.5) is 0 Å². The van der Waals surface area contributed by atoms with Gasteiger partial charge in [0.05, 0.1) is 5.69 Å². The van der Waals surface area contributed by atoms with Crippen LogP contribution in [-0.2, 0) is 13.0 Å². The van der Waals surface area contributed by atoms with Crippen molar-refractivity contribution in [2.24, 2.45) is 5.41 Å². The predicted octanol–water partition coefficient (Wildman–Crippen LogP) is 3.69. The summed E-state index contributed by atoms with van der Waals surface area (Å²) in [4.78, 5) is 19.1. The summed E-state index contributed by atoms with van der Waals surface area (Å²) in [7, 11) is 0. The summed E-state index contributed by atoms with van der Waals surface area (Å²) in [5, 5.41) is 0. The monoisotopic (exact) mass is 328 g/mol. The van der Waals surface area contributed by atoms with Crippen molar-refractivity contribution in [3.63, 3.8) is 0 Å². The zero-order valence-electron chi connectivity index (χ0n) is 14.7. The largest absolute Gasteiger partial charge is 0.484 e. The lowest BCUT2D eigenvalue weighted by Crippen LogP contribution is -2.48. The first-order chi connectivity index (χ1) is 11.4. The van der Waals surface area contributed by atoms with Gasteiger partial charge in [-0.05, 0) is 24.5 Å². The zero-order chi connectivity index (χ0) is 17.3. The molecule has 128 valence electrons. The van der Waals surface area contributed by atoms with Gasteiger partial charge in [-0.3, -0.25) is 4.79 Å². The molecule has 2 aromatic rings. The molecule has 0 saturated carbocycles. The number of benzene rings is 1. The number of carbonyl (C=O) groups is 1. The fourth-order valence-electron chi connectivity index (χ4n) is 2.76. The van der Waals surface area contributed by atoms with Gasteiger partial charge in [-0.2, -0.15) is 0 Å². The van der Waals surface area contributed by atoms with E-state index in [1.807, 2.05) is 35.2 Å². The molecule has 5 heteroatoms. The second-order valence-corrected chi connectivity index (χ2v) is 7.28. The van der Waals surface area contributed by atoms with E-state index in [0.29, 0.717) is 18.2 Å². The van der Waals surface area contributed by atoms with Gasteiger partial charge in [-0.15, -0.1) is 0 Å². The average Bonchev–Trinajstić information content (AvgIpc) is 2.97. The number of para-hydroxylation sites is 1. The summed E-state index contributed by atoms with van der Waals surface area (Å²) in [6, 6.07) is 9.63. The molecule has 5 nitrogen and oxygen atoms in total. The molecule has 1 aliphatic rings. The van der Waals surface area contributed by atoms with E-state index in [4.69, 9.17) is 9.15 Å². The van der Waals surface area contributed by atoms with Crippen molar-refractivity contribution < 1.29 is 13.9 Å². The lowest BCUT2D eigenvalue weighted by molar-refractivity contribution is 0.0494. The topological polar surface area (TPSA) is 55.6 Å². The third-order valence-corrected chi connectivity index (χ3v) is 4.61. The van der Waals surface area contributed by atoms with Gasteiger partial charge in [0.15, 0.2) is 6.61 Å². The van der Waals surface area contributed by atoms with Crippen molar-refractivity contribution in [3.05, 3.63) is 47.7 Å². The maximum atomic E-state index is 12.7. The number of fused-ring (bicyclic) bond motifs is 1. The second-order valence-electron chi connectivity index (χ2n) is 7.28. The first kappa shape index (κ1) is 16.6. The van der Waals surface area contributed by atoms with Crippen LogP contribution < -0.4 is 4.74 Å². The lowest BCUT2D eigenvalue weighted by atomic mass is 9.86. The molecular weight excluding hydrogens is 304 g/mol. The molecule has 0 N–H and O–H groups in total. The minimum absolute atomic E-state index is 0.0203. The van der Waals surface area contributed by atoms with Crippen LogP contribution >= 0.6 is 0 Å². The van der Waals surface area contributed by atoms with Gasteiger partial charge < -0.3 is 14.1 Å². The minimum atomic E-state index is -0.0721. The van der Waals surface area contributed by atoms with Crippen LogP contribution in [0.15, 0.2) is 34.7 Å². The molecule has 1 aliphatic heterocycles. The molecule has 0 aliphatic carbocycles. The van der Waals surface area contributed by atoms with Crippen LogP contribution in [-0.4, -0.2) is 28.4 Å². The van der Waals surface area contributed by atoms with Crippen molar-refractivity contribution in [2.45, 2.75) is 46.8 Å². The van der Waals surface area contributed by atoms with E-state index in [-0.39, 0.29) is 24.0 Å². The normalized spacial score (nSPS) is 16.0. The third kappa shape index (κ3) is 3.30. The van der Waals surface area contributed by atoms with Gasteiger partial charge >= 0.3 is 0 Å². The Morgan fingerprint density at radius 3 is 2.67 bits per heavy atom. The van der Waals surface area contributed by atoms with Gasteiger partial charge in [0, 0.05) is 19.0 Å². The Bertz CT molecular complexity index is 716. The Kier molecular flexibility index (Phi) is 4.35. The van der Waals surface area contributed by atoms with Gasteiger partial charge in [0.25, 0.3) is 5.91 Å². The van der Waals surface area contributed by atoms with Crippen LogP contribution in [0.25, 0.3) is 0 Å². The van der Waals surface area contributed by atoms with Crippen molar-refractivity contribution >= 4 is 5.91 Å². The highest BCUT2D eigenvalue weighted by molar-refractivity contribution is 5.93. The number of rotatable bonds is 4. The van der Waals surface area contributed by atoms with E-state index in [0.717, 1.165) is 17.9 Å². The summed E-state index contributed by atoms with van der Waals surface area (Å²) in [5.74, 6) is 1.49. The van der Waals surface area contributed by atoms with E-state index in [2.05, 4.69) is 32.7 Å². The number of nitrogens with zero attached hydrogens (tertiary/aromatic N) is 2. The lowest BCUT2D eigenvalue weighted by Gasteiger charge is -2.39. The quantitative estimate of drug-likeness (QED) is 0.859. The van der Waals surface area contributed by atoms with Crippen LogP contribution in [0.3, 0.4) is 0 Å². The molecule has 0 spiro atoms. The number of hydrogen-bond donors (Lipinski definition) is 0. The Labute approximate surface area is 142 Å². The first-order valence-electron chi connectivity index (χ1n) is 8.33. The number of amides is 1. The average molecular weight is 328 g/mol. The standard InChI is InChI=1S/C19H24N2O3/c1-13(19(2,3)4)21-11-10-15-17(18(21)22)24-16(20-15)12-23-14-8-6-5-7-9-14/h5-9,13H,10-12H2,1-4H3/t13-/m1/s1. The van der Waals surface area contributed by atoms with E-state index >= 15 is 0 Å². The number of ether oxygens (including phenoxy) is 1. The molecule has 2 heterocycles. The fraction of sp³-hybridized carbons (Fsp3) is 0.474. The first-order valence-corrected chi connectivity index (χ1v) is 8.33. The maximum absolute atomic E-state index is 12.7. The molecule has 0 unspecified atom stereocenters. The molecule has 3 rings (SSSR count). The highest BCUT2D eigenvalue weighted by atomic mass is 16.5. The van der Waals surface area contributed by atoms with Gasteiger partial charge in [0.2, 0.25) is 11.7 Å². The predicted molar refractivity (Wildman–Crippen MR) is 90.9 cm³/mol. The Balaban J connectivity index is 1.73. The summed E-state index contributed by atoms with van der Waals surface area (Å²) in [5.41, 5.74) is 0.760. The van der Waals surface area contributed by atoms with Gasteiger partial charge in [0.1, 0.15) is 5.75 Å². The maximum Gasteiger partial charge on any atom is 0.291 e. The van der Waals surface area contributed by atoms with E-state index in [9.17, 15) is 4.79 Å². The van der Waals surface area contributed by atoms with Crippen molar-refractivity contribution in [3.8, 4) is 5.75 Å². The molecule has 0 bridgehead atoms. The number of oxazole rings is 1. The van der Waals surface area contributed by atoms with Crippen LogP contribution in [0, 0.1) is 5.41 Å². The smallest absolute Gasteiger partial charge is 0.291 e. The minimum Gasteiger partial charge on any atom is -0.484 e. The molecule has 1 atom stereocenters. The summed E-state index contributed by atoms with van der Waals surface area (Å²) in [6.07, 6.45) is 0.719. The van der Waals surface area contributed by atoms with E-state index in [1.54, 1.807) is 0 Å². The molecule has 1 aromatic heterocycles. The SMILES string of the molecule is C[C@@H](N1CCc2nc(COc3ccccc3)oc2C1=O)C(C)(C)C. The molecule has 0 fully saturated rings. The molecule has 1 amide bonds. The van der Waals surface area contributed by atoms with Crippen LogP contribution in [0.2, 0.25) is 0 Å². The van der Waals surface area contributed by atoms with E-state index in [1.165, 1.54) is 0 Å². The van der Waals surface area contributed by atoms with Crippen LogP contribution in [0.1, 0.15) is 49.8 Å². The fourth-order valence-corrected chi connectivity index (χ4v) is 2.76. The summed E-state index contributed by atoms with van der Waals surface area (Å²) < 4.78 is 11.4. The van der Waals surface area contributed by atoms with Gasteiger partial charge in [-0.1, -0.05) is 39.0 Å². The Hall–Kier alpha value is -2.30. The molecule has 1 aromatic carbocycles. The highest BCUT2D eigenvalue weighted by Crippen LogP contribution is 2.29. The molecule has 24 heavy (non-hydrogen) atoms. The summed E-state index contributed by atoms with van der Waals surface area (Å²) >= 11 is 0. The molecule has 0 saturated heterocycles. The van der Waals surface area contributed by atoms with Gasteiger partial charge in [-0.25, -0.2) is 4.98 Å². The number of carbonyl (C=O) groups excluding carboxylic acids is 1. The number of aromatic nitrogens is 1. The molecule has 0 radical (unpaired) electrons.